The third kappa shape index (κ3) is 6.04. The second-order valence-corrected chi connectivity index (χ2v) is 3.92. The number of carbonyl (C=O) groups excluding carboxylic acids is 1. The lowest BCUT2D eigenvalue weighted by Crippen LogP contribution is -2.36. The molecule has 0 aliphatic carbocycles. The topological polar surface area (TPSA) is 38.3 Å². The van der Waals surface area contributed by atoms with Gasteiger partial charge in [0.15, 0.2) is 0 Å². The average Bonchev–Trinajstić information content (AvgIpc) is 2.43. The van der Waals surface area contributed by atoms with Crippen LogP contribution in [-0.2, 0) is 11.2 Å². The lowest BCUT2D eigenvalue weighted by atomic mass is 10.1. The number of alkyl halides is 3. The molecule has 21 heavy (non-hydrogen) atoms. The molecule has 0 saturated heterocycles. The summed E-state index contributed by atoms with van der Waals surface area (Å²) in [5, 5.41) is 1.65. The molecule has 0 unspecified atom stereocenters. The van der Waals surface area contributed by atoms with Crippen LogP contribution in [0.25, 0.3) is 0 Å². The van der Waals surface area contributed by atoms with Crippen molar-refractivity contribution in [3.05, 3.63) is 42.5 Å². The lowest BCUT2D eigenvalue weighted by Gasteiger charge is -2.07. The van der Waals surface area contributed by atoms with Gasteiger partial charge in [-0.2, -0.15) is 13.2 Å². The summed E-state index contributed by atoms with van der Waals surface area (Å²) < 4.78 is 41.0. The van der Waals surface area contributed by atoms with Gasteiger partial charge in [-0.15, -0.1) is 6.58 Å². The van der Waals surface area contributed by atoms with Gasteiger partial charge < -0.3 is 10.1 Å². The van der Waals surface area contributed by atoms with Crippen LogP contribution in [0.15, 0.2) is 36.9 Å². The van der Waals surface area contributed by atoms with Crippen molar-refractivity contribution < 1.29 is 22.7 Å². The van der Waals surface area contributed by atoms with Crippen LogP contribution in [0, 0.1) is 11.8 Å². The van der Waals surface area contributed by atoms with Crippen molar-refractivity contribution in [2.75, 3.05) is 13.2 Å². The molecule has 1 amide bonds. The van der Waals surface area contributed by atoms with E-state index in [0.29, 0.717) is 12.2 Å². The first-order valence-electron chi connectivity index (χ1n) is 6.07. The molecule has 1 aromatic rings. The maximum Gasteiger partial charge on any atom is 0.471 e. The molecule has 0 fully saturated rings. The van der Waals surface area contributed by atoms with Gasteiger partial charge in [-0.1, -0.05) is 36.1 Å². The Morgan fingerprint density at radius 3 is 2.71 bits per heavy atom. The second-order valence-electron chi connectivity index (χ2n) is 3.92. The number of para-hydroxylation sites is 1. The molecule has 0 heterocycles. The second kappa shape index (κ2) is 8.00. The van der Waals surface area contributed by atoms with Crippen LogP contribution >= 0.6 is 0 Å². The van der Waals surface area contributed by atoms with Gasteiger partial charge in [0, 0.05) is 0 Å². The molecule has 0 aliphatic rings. The quantitative estimate of drug-likeness (QED) is 0.670. The molecular weight excluding hydrogens is 283 g/mol. The van der Waals surface area contributed by atoms with E-state index < -0.39 is 12.1 Å². The van der Waals surface area contributed by atoms with Crippen LogP contribution in [0.3, 0.4) is 0 Å². The zero-order valence-electron chi connectivity index (χ0n) is 11.2. The predicted octanol–water partition coefficient (Wildman–Crippen LogP) is 2.48. The van der Waals surface area contributed by atoms with E-state index >= 15 is 0 Å². The number of benzene rings is 1. The lowest BCUT2D eigenvalue weighted by molar-refractivity contribution is -0.173. The zero-order valence-corrected chi connectivity index (χ0v) is 11.2. The van der Waals surface area contributed by atoms with Gasteiger partial charge in [-0.3, -0.25) is 4.79 Å². The fourth-order valence-electron chi connectivity index (χ4n) is 1.42. The van der Waals surface area contributed by atoms with E-state index in [1.807, 2.05) is 12.1 Å². The number of halogens is 3. The summed E-state index contributed by atoms with van der Waals surface area (Å²) >= 11 is 0. The summed E-state index contributed by atoms with van der Waals surface area (Å²) in [4.78, 5) is 10.5. The van der Waals surface area contributed by atoms with Crippen molar-refractivity contribution in [1.82, 2.24) is 5.32 Å². The fraction of sp³-hybridized carbons (Fsp3) is 0.267. The van der Waals surface area contributed by atoms with E-state index in [-0.39, 0.29) is 13.2 Å². The van der Waals surface area contributed by atoms with Crippen LogP contribution in [0.2, 0.25) is 0 Å². The number of hydrogen-bond acceptors (Lipinski definition) is 2. The minimum absolute atomic E-state index is 0.0239. The summed E-state index contributed by atoms with van der Waals surface area (Å²) in [7, 11) is 0. The summed E-state index contributed by atoms with van der Waals surface area (Å²) in [6.07, 6.45) is -2.51. The summed E-state index contributed by atoms with van der Waals surface area (Å²) in [6.45, 7) is 3.28. The Hall–Kier alpha value is -2.42. The highest BCUT2D eigenvalue weighted by Crippen LogP contribution is 2.18. The molecule has 1 aromatic carbocycles. The molecule has 0 bridgehead atoms. The van der Waals surface area contributed by atoms with Gasteiger partial charge in [0.25, 0.3) is 0 Å². The highest BCUT2D eigenvalue weighted by atomic mass is 19.4. The Morgan fingerprint density at radius 1 is 1.33 bits per heavy atom. The Morgan fingerprint density at radius 2 is 2.05 bits per heavy atom. The Bertz CT molecular complexity index is 556. The van der Waals surface area contributed by atoms with Gasteiger partial charge >= 0.3 is 12.1 Å². The molecule has 0 atom stereocenters. The third-order valence-corrected chi connectivity index (χ3v) is 2.36. The summed E-state index contributed by atoms with van der Waals surface area (Å²) in [5.41, 5.74) is 0.944. The molecule has 0 radical (unpaired) electrons. The van der Waals surface area contributed by atoms with E-state index in [4.69, 9.17) is 4.74 Å². The molecule has 6 heteroatoms. The van der Waals surface area contributed by atoms with Crippen molar-refractivity contribution in [2.24, 2.45) is 0 Å². The van der Waals surface area contributed by atoms with Gasteiger partial charge in [-0.05, 0) is 18.1 Å². The van der Waals surface area contributed by atoms with Crippen molar-refractivity contribution in [3.63, 3.8) is 0 Å². The van der Waals surface area contributed by atoms with Gasteiger partial charge in [0.2, 0.25) is 0 Å². The molecule has 1 rings (SSSR count). The maximum absolute atomic E-state index is 11.9. The smallest absolute Gasteiger partial charge is 0.471 e. The first-order chi connectivity index (χ1) is 9.95. The van der Waals surface area contributed by atoms with Crippen molar-refractivity contribution in [1.29, 1.82) is 0 Å². The SMILES string of the molecule is C=CCc1ccccc1OCC#CCNC(=O)C(F)(F)F. The van der Waals surface area contributed by atoms with E-state index in [0.717, 1.165) is 5.56 Å². The molecule has 112 valence electrons. The first kappa shape index (κ1) is 16.6. The van der Waals surface area contributed by atoms with Crippen LogP contribution in [0.5, 0.6) is 5.75 Å². The monoisotopic (exact) mass is 297 g/mol. The van der Waals surface area contributed by atoms with E-state index in [2.05, 4.69) is 18.4 Å². The fourth-order valence-corrected chi connectivity index (χ4v) is 1.42. The van der Waals surface area contributed by atoms with Crippen LogP contribution in [0.4, 0.5) is 13.2 Å². The van der Waals surface area contributed by atoms with Crippen molar-refractivity contribution in [3.8, 4) is 17.6 Å². The molecule has 1 N–H and O–H groups in total. The Balaban J connectivity index is 2.40. The Labute approximate surface area is 120 Å². The van der Waals surface area contributed by atoms with Gasteiger partial charge in [0.1, 0.15) is 12.4 Å². The maximum atomic E-state index is 11.9. The van der Waals surface area contributed by atoms with E-state index in [1.165, 1.54) is 0 Å². The summed E-state index contributed by atoms with van der Waals surface area (Å²) in [6, 6.07) is 7.32. The first-order valence-corrected chi connectivity index (χ1v) is 6.07. The highest BCUT2D eigenvalue weighted by molar-refractivity contribution is 5.81. The largest absolute Gasteiger partial charge is 0.481 e. The van der Waals surface area contributed by atoms with Gasteiger partial charge in [-0.25, -0.2) is 0 Å². The molecule has 0 spiro atoms. The molecule has 0 aliphatic heterocycles. The van der Waals surface area contributed by atoms with Crippen molar-refractivity contribution in [2.45, 2.75) is 12.6 Å². The molecule has 0 saturated carbocycles. The van der Waals surface area contributed by atoms with Gasteiger partial charge in [0.05, 0.1) is 6.54 Å². The third-order valence-electron chi connectivity index (χ3n) is 2.36. The number of hydrogen-bond donors (Lipinski definition) is 1. The number of allylic oxidation sites excluding steroid dienone is 1. The van der Waals surface area contributed by atoms with E-state index in [9.17, 15) is 18.0 Å². The summed E-state index contributed by atoms with van der Waals surface area (Å²) in [5.74, 6) is 3.55. The number of ether oxygens (including phenoxy) is 1. The number of nitrogens with one attached hydrogen (secondary N) is 1. The standard InChI is InChI=1S/C15H14F3NO2/c1-2-7-12-8-3-4-9-13(12)21-11-6-5-10-19-14(20)15(16,17)18/h2-4,8-9H,1,7,10-11H2,(H,19,20). The van der Waals surface area contributed by atoms with Crippen LogP contribution in [0.1, 0.15) is 5.56 Å². The highest BCUT2D eigenvalue weighted by Gasteiger charge is 2.38. The average molecular weight is 297 g/mol. The molecule has 0 aromatic heterocycles. The Kier molecular flexibility index (Phi) is 6.34. The number of carbonyl (C=O) groups is 1. The minimum Gasteiger partial charge on any atom is -0.481 e. The van der Waals surface area contributed by atoms with Crippen LogP contribution < -0.4 is 10.1 Å². The number of rotatable bonds is 5. The normalized spacial score (nSPS) is 10.2. The van der Waals surface area contributed by atoms with Crippen molar-refractivity contribution >= 4 is 5.91 Å². The minimum atomic E-state index is -4.89. The molecule has 3 nitrogen and oxygen atoms in total. The number of amides is 1. The predicted molar refractivity (Wildman–Crippen MR) is 72.7 cm³/mol. The van der Waals surface area contributed by atoms with E-state index in [1.54, 1.807) is 23.5 Å². The zero-order chi connectivity index (χ0) is 15.7. The van der Waals surface area contributed by atoms with Crippen LogP contribution in [-0.4, -0.2) is 25.2 Å². The molecular formula is C15H14F3NO2.